The van der Waals surface area contributed by atoms with E-state index in [0.29, 0.717) is 0 Å². The molecule has 13 heavy (non-hydrogen) atoms. The van der Waals surface area contributed by atoms with E-state index in [1.165, 1.54) is 13.0 Å². The fourth-order valence-electron chi connectivity index (χ4n) is 1.27. The minimum atomic E-state index is 0.831. The highest BCUT2D eigenvalue weighted by atomic mass is 16.5. The lowest BCUT2D eigenvalue weighted by molar-refractivity contribution is 0.0360. The minimum Gasteiger partial charge on any atom is -0.400 e. The predicted octanol–water partition coefficient (Wildman–Crippen LogP) is 0.973. The maximum Gasteiger partial charge on any atom is 0.0594 e. The first kappa shape index (κ1) is 12.9. The number of nitrogens with zero attached hydrogens (tertiary/aromatic N) is 1. The van der Waals surface area contributed by atoms with Crippen LogP contribution in [-0.4, -0.2) is 50.0 Å². The van der Waals surface area contributed by atoms with Gasteiger partial charge in [0.2, 0.25) is 0 Å². The van der Waals surface area contributed by atoms with E-state index >= 15 is 0 Å². The van der Waals surface area contributed by atoms with Crippen molar-refractivity contribution in [3.63, 3.8) is 0 Å². The van der Waals surface area contributed by atoms with Gasteiger partial charge in [-0.25, -0.2) is 0 Å². The zero-order chi connectivity index (χ0) is 10.1. The molecule has 0 aliphatic carbocycles. The topological polar surface area (TPSA) is 32.7 Å². The minimum absolute atomic E-state index is 0.831. The first-order chi connectivity index (χ1) is 6.29. The summed E-state index contributed by atoms with van der Waals surface area (Å²) in [6.07, 6.45) is 1.32. The molecule has 0 bridgehead atoms. The molecule has 0 unspecified atom stereocenters. The number of hydrogen-bond acceptors (Lipinski definition) is 3. The molecule has 0 radical (unpaired) electrons. The maximum absolute atomic E-state index is 7.00. The molecule has 0 atom stereocenters. The van der Waals surface area contributed by atoms with Crippen LogP contribution in [0, 0.1) is 5.92 Å². The van der Waals surface area contributed by atoms with E-state index in [4.69, 9.17) is 9.84 Å². The van der Waals surface area contributed by atoms with Gasteiger partial charge in [0.15, 0.2) is 0 Å². The second-order valence-corrected chi connectivity index (χ2v) is 3.64. The van der Waals surface area contributed by atoms with Crippen LogP contribution >= 0.6 is 0 Å². The van der Waals surface area contributed by atoms with Crippen molar-refractivity contribution < 1.29 is 9.84 Å². The number of aliphatic hydroxyl groups is 1. The molecule has 3 nitrogen and oxygen atoms in total. The maximum atomic E-state index is 7.00. The Bertz CT molecular complexity index is 101. The first-order valence-corrected chi connectivity index (χ1v) is 5.04. The quantitative estimate of drug-likeness (QED) is 0.718. The number of rotatable bonds is 3. The van der Waals surface area contributed by atoms with Gasteiger partial charge in [0.1, 0.15) is 0 Å². The lowest BCUT2D eigenvalue weighted by Crippen LogP contribution is -2.37. The van der Waals surface area contributed by atoms with Crippen LogP contribution in [0.25, 0.3) is 0 Å². The molecule has 0 spiro atoms. The summed E-state index contributed by atoms with van der Waals surface area (Å²) < 4.78 is 5.26. The molecule has 1 aliphatic rings. The summed E-state index contributed by atoms with van der Waals surface area (Å²) in [5.74, 6) is 0.831. The number of aliphatic hydroxyl groups excluding tert-OH is 1. The third-order valence-corrected chi connectivity index (χ3v) is 2.13. The standard InChI is InChI=1S/C9H19NO.CH4O/c1-9(2)3-4-10-5-7-11-8-6-10;1-2/h9H,3-8H2,1-2H3;2H,1H3. The van der Waals surface area contributed by atoms with Gasteiger partial charge in [0.25, 0.3) is 0 Å². The lowest BCUT2D eigenvalue weighted by Gasteiger charge is -2.26. The molecule has 0 amide bonds. The summed E-state index contributed by atoms with van der Waals surface area (Å²) in [5.41, 5.74) is 0. The molecule has 1 heterocycles. The van der Waals surface area contributed by atoms with Crippen LogP contribution in [0.15, 0.2) is 0 Å². The third-order valence-electron chi connectivity index (χ3n) is 2.13. The van der Waals surface area contributed by atoms with Crippen molar-refractivity contribution in [3.05, 3.63) is 0 Å². The van der Waals surface area contributed by atoms with E-state index in [0.717, 1.165) is 39.3 Å². The summed E-state index contributed by atoms with van der Waals surface area (Å²) >= 11 is 0. The van der Waals surface area contributed by atoms with E-state index in [2.05, 4.69) is 18.7 Å². The molecule has 1 rings (SSSR count). The van der Waals surface area contributed by atoms with E-state index in [9.17, 15) is 0 Å². The monoisotopic (exact) mass is 189 g/mol. The van der Waals surface area contributed by atoms with Gasteiger partial charge in [-0.15, -0.1) is 0 Å². The summed E-state index contributed by atoms with van der Waals surface area (Å²) in [5, 5.41) is 7.00. The van der Waals surface area contributed by atoms with Crippen molar-refractivity contribution in [2.75, 3.05) is 40.0 Å². The molecule has 0 aromatic carbocycles. The van der Waals surface area contributed by atoms with Crippen molar-refractivity contribution in [1.82, 2.24) is 4.90 Å². The molecule has 80 valence electrons. The Morgan fingerprint density at radius 1 is 1.23 bits per heavy atom. The fourth-order valence-corrected chi connectivity index (χ4v) is 1.27. The first-order valence-electron chi connectivity index (χ1n) is 5.04. The third kappa shape index (κ3) is 6.99. The van der Waals surface area contributed by atoms with Crippen molar-refractivity contribution >= 4 is 0 Å². The normalized spacial score (nSPS) is 18.2. The number of morpholine rings is 1. The summed E-state index contributed by atoms with van der Waals surface area (Å²) in [6.45, 7) is 9.93. The van der Waals surface area contributed by atoms with Crippen LogP contribution in [-0.2, 0) is 4.74 Å². The van der Waals surface area contributed by atoms with Crippen LogP contribution in [0.2, 0.25) is 0 Å². The van der Waals surface area contributed by atoms with Crippen molar-refractivity contribution in [1.29, 1.82) is 0 Å². The fraction of sp³-hybridized carbons (Fsp3) is 1.00. The van der Waals surface area contributed by atoms with Gasteiger partial charge in [-0.2, -0.15) is 0 Å². The smallest absolute Gasteiger partial charge is 0.0594 e. The number of ether oxygens (including phenoxy) is 1. The van der Waals surface area contributed by atoms with Gasteiger partial charge in [-0.3, -0.25) is 4.90 Å². The highest BCUT2D eigenvalue weighted by Gasteiger charge is 2.09. The van der Waals surface area contributed by atoms with Crippen LogP contribution in [0.4, 0.5) is 0 Å². The SMILES string of the molecule is CC(C)CCN1CCOCC1.CO. The molecule has 1 fully saturated rings. The van der Waals surface area contributed by atoms with E-state index in [-0.39, 0.29) is 0 Å². The highest BCUT2D eigenvalue weighted by Crippen LogP contribution is 2.03. The van der Waals surface area contributed by atoms with E-state index < -0.39 is 0 Å². The Balaban J connectivity index is 0.000000671. The molecule has 1 N–H and O–H groups in total. The molecule has 0 aromatic heterocycles. The predicted molar refractivity (Wildman–Crippen MR) is 54.9 cm³/mol. The summed E-state index contributed by atoms with van der Waals surface area (Å²) in [6, 6.07) is 0. The average molecular weight is 189 g/mol. The highest BCUT2D eigenvalue weighted by molar-refractivity contribution is 4.62. The molecule has 3 heteroatoms. The zero-order valence-electron chi connectivity index (χ0n) is 9.12. The van der Waals surface area contributed by atoms with Crippen molar-refractivity contribution in [3.8, 4) is 0 Å². The van der Waals surface area contributed by atoms with Crippen LogP contribution < -0.4 is 0 Å². The molecule has 0 aromatic rings. The van der Waals surface area contributed by atoms with Gasteiger partial charge < -0.3 is 9.84 Å². The van der Waals surface area contributed by atoms with E-state index in [1.54, 1.807) is 0 Å². The largest absolute Gasteiger partial charge is 0.400 e. The van der Waals surface area contributed by atoms with Crippen LogP contribution in [0.1, 0.15) is 20.3 Å². The van der Waals surface area contributed by atoms with Gasteiger partial charge in [-0.1, -0.05) is 13.8 Å². The Morgan fingerprint density at radius 3 is 2.23 bits per heavy atom. The second-order valence-electron chi connectivity index (χ2n) is 3.64. The molecule has 0 saturated carbocycles. The Kier molecular flexibility index (Phi) is 8.40. The average Bonchev–Trinajstić information content (AvgIpc) is 2.19. The zero-order valence-corrected chi connectivity index (χ0v) is 9.12. The second kappa shape index (κ2) is 8.48. The Labute approximate surface area is 81.7 Å². The van der Waals surface area contributed by atoms with Crippen LogP contribution in [0.5, 0.6) is 0 Å². The Hall–Kier alpha value is -0.120. The van der Waals surface area contributed by atoms with Crippen molar-refractivity contribution in [2.24, 2.45) is 5.92 Å². The molecular formula is C10H23NO2. The van der Waals surface area contributed by atoms with Crippen molar-refractivity contribution in [2.45, 2.75) is 20.3 Å². The molecular weight excluding hydrogens is 166 g/mol. The molecule has 1 aliphatic heterocycles. The summed E-state index contributed by atoms with van der Waals surface area (Å²) in [4.78, 5) is 2.49. The number of hydrogen-bond donors (Lipinski definition) is 1. The Morgan fingerprint density at radius 2 is 1.77 bits per heavy atom. The van der Waals surface area contributed by atoms with Gasteiger partial charge >= 0.3 is 0 Å². The van der Waals surface area contributed by atoms with Gasteiger partial charge in [0.05, 0.1) is 13.2 Å². The van der Waals surface area contributed by atoms with Gasteiger partial charge in [-0.05, 0) is 18.9 Å². The summed E-state index contributed by atoms with van der Waals surface area (Å²) in [7, 11) is 1.00. The molecule has 1 saturated heterocycles. The van der Waals surface area contributed by atoms with Gasteiger partial charge in [0, 0.05) is 20.2 Å². The van der Waals surface area contributed by atoms with E-state index in [1.807, 2.05) is 0 Å². The lowest BCUT2D eigenvalue weighted by atomic mass is 10.1. The van der Waals surface area contributed by atoms with Crippen LogP contribution in [0.3, 0.4) is 0 Å².